The lowest BCUT2D eigenvalue weighted by Gasteiger charge is -2.30. The zero-order valence-corrected chi connectivity index (χ0v) is 7.76. The van der Waals surface area contributed by atoms with Crippen LogP contribution in [0.4, 0.5) is 0 Å². The molecule has 0 fully saturated rings. The van der Waals surface area contributed by atoms with Crippen LogP contribution in [0.2, 0.25) is 0 Å². The van der Waals surface area contributed by atoms with Crippen molar-refractivity contribution in [2.24, 2.45) is 5.73 Å². The minimum Gasteiger partial charge on any atom is -0.330 e. The third-order valence-corrected chi connectivity index (χ3v) is 2.99. The number of halogens is 1. The van der Waals surface area contributed by atoms with Gasteiger partial charge < -0.3 is 5.73 Å². The van der Waals surface area contributed by atoms with Gasteiger partial charge in [0.15, 0.2) is 0 Å². The van der Waals surface area contributed by atoms with Gasteiger partial charge in [-0.3, -0.25) is 0 Å². The maximum absolute atomic E-state index is 5.60. The topological polar surface area (TPSA) is 26.0 Å². The van der Waals surface area contributed by atoms with E-state index in [4.69, 9.17) is 5.73 Å². The Kier molecular flexibility index (Phi) is 1.74. The molecular formula is C9H10BrN. The number of nitrogens with two attached hydrogens (primary N) is 1. The summed E-state index contributed by atoms with van der Waals surface area (Å²) in [7, 11) is 0. The van der Waals surface area contributed by atoms with E-state index in [1.165, 1.54) is 15.6 Å². The summed E-state index contributed by atoms with van der Waals surface area (Å²) in [6.07, 6.45) is 1.16. The second kappa shape index (κ2) is 2.61. The number of hydrogen-bond donors (Lipinski definition) is 1. The molecule has 2 N–H and O–H groups in total. The van der Waals surface area contributed by atoms with Crippen LogP contribution < -0.4 is 5.73 Å². The van der Waals surface area contributed by atoms with Crippen LogP contribution in [0.5, 0.6) is 0 Å². The van der Waals surface area contributed by atoms with Gasteiger partial charge in [0, 0.05) is 10.4 Å². The van der Waals surface area contributed by atoms with Crippen molar-refractivity contribution in [1.82, 2.24) is 0 Å². The van der Waals surface area contributed by atoms with Crippen molar-refractivity contribution in [3.05, 3.63) is 33.8 Å². The van der Waals surface area contributed by atoms with E-state index >= 15 is 0 Å². The van der Waals surface area contributed by atoms with Gasteiger partial charge >= 0.3 is 0 Å². The Hall–Kier alpha value is -0.340. The molecule has 1 aromatic carbocycles. The van der Waals surface area contributed by atoms with Gasteiger partial charge in [0.05, 0.1) is 0 Å². The van der Waals surface area contributed by atoms with Crippen LogP contribution in [0.3, 0.4) is 0 Å². The molecular weight excluding hydrogens is 202 g/mol. The Labute approximate surface area is 74.7 Å². The lowest BCUT2D eigenvalue weighted by atomic mass is 9.78. The number of benzene rings is 1. The standard InChI is InChI=1S/C9H10BrN/c10-8-3-1-2-6-4-7(5-11)9(6)8/h1-3,7H,4-5,11H2. The molecule has 2 heteroatoms. The molecule has 0 aliphatic heterocycles. The van der Waals surface area contributed by atoms with E-state index < -0.39 is 0 Å². The maximum Gasteiger partial charge on any atom is 0.0213 e. The molecule has 1 unspecified atom stereocenters. The lowest BCUT2D eigenvalue weighted by Crippen LogP contribution is -2.25. The lowest BCUT2D eigenvalue weighted by molar-refractivity contribution is 0.614. The fraction of sp³-hybridized carbons (Fsp3) is 0.333. The minimum absolute atomic E-state index is 0.598. The molecule has 0 amide bonds. The van der Waals surface area contributed by atoms with Gasteiger partial charge in [-0.2, -0.15) is 0 Å². The second-order valence-electron chi connectivity index (χ2n) is 2.95. The molecule has 1 aromatic rings. The van der Waals surface area contributed by atoms with Gasteiger partial charge in [-0.15, -0.1) is 0 Å². The molecule has 58 valence electrons. The van der Waals surface area contributed by atoms with Gasteiger partial charge in [0.25, 0.3) is 0 Å². The first-order chi connectivity index (χ1) is 5.33. The SMILES string of the molecule is NCC1Cc2cccc(Br)c21. The third-order valence-electron chi connectivity index (χ3n) is 2.30. The number of rotatable bonds is 1. The summed E-state index contributed by atoms with van der Waals surface area (Å²) in [5, 5.41) is 0. The molecule has 2 rings (SSSR count). The molecule has 1 nitrogen and oxygen atoms in total. The largest absolute Gasteiger partial charge is 0.330 e. The van der Waals surface area contributed by atoms with E-state index in [2.05, 4.69) is 34.1 Å². The van der Waals surface area contributed by atoms with Crippen molar-refractivity contribution in [1.29, 1.82) is 0 Å². The molecule has 1 aliphatic rings. The monoisotopic (exact) mass is 211 g/mol. The van der Waals surface area contributed by atoms with E-state index in [-0.39, 0.29) is 0 Å². The van der Waals surface area contributed by atoms with Gasteiger partial charge in [-0.1, -0.05) is 28.1 Å². The van der Waals surface area contributed by atoms with Gasteiger partial charge in [-0.25, -0.2) is 0 Å². The quantitative estimate of drug-likeness (QED) is 0.757. The molecule has 1 atom stereocenters. The molecule has 1 aliphatic carbocycles. The first-order valence-electron chi connectivity index (χ1n) is 3.80. The highest BCUT2D eigenvalue weighted by Gasteiger charge is 2.26. The Bertz CT molecular complexity index is 269. The molecule has 0 aromatic heterocycles. The van der Waals surface area contributed by atoms with Crippen molar-refractivity contribution < 1.29 is 0 Å². The Morgan fingerprint density at radius 2 is 2.36 bits per heavy atom. The fourth-order valence-corrected chi connectivity index (χ4v) is 2.39. The Balaban J connectivity index is 2.43. The average molecular weight is 212 g/mol. The zero-order chi connectivity index (χ0) is 7.84. The summed E-state index contributed by atoms with van der Waals surface area (Å²) in [5.74, 6) is 0.598. The summed E-state index contributed by atoms with van der Waals surface area (Å²) in [4.78, 5) is 0. The van der Waals surface area contributed by atoms with Gasteiger partial charge in [0.1, 0.15) is 0 Å². The van der Waals surface area contributed by atoms with E-state index in [1.54, 1.807) is 0 Å². The predicted molar refractivity (Wildman–Crippen MR) is 49.6 cm³/mol. The summed E-state index contributed by atoms with van der Waals surface area (Å²) in [5.41, 5.74) is 8.48. The van der Waals surface area contributed by atoms with Crippen LogP contribution in [0, 0.1) is 0 Å². The minimum atomic E-state index is 0.598. The molecule has 0 radical (unpaired) electrons. The predicted octanol–water partition coefficient (Wildman–Crippen LogP) is 2.05. The molecule has 0 saturated carbocycles. The smallest absolute Gasteiger partial charge is 0.0213 e. The number of fused-ring (bicyclic) bond motifs is 1. The summed E-state index contributed by atoms with van der Waals surface area (Å²) < 4.78 is 1.22. The molecule has 0 bridgehead atoms. The van der Waals surface area contributed by atoms with Crippen molar-refractivity contribution in [2.45, 2.75) is 12.3 Å². The van der Waals surface area contributed by atoms with E-state index in [0.29, 0.717) is 5.92 Å². The summed E-state index contributed by atoms with van der Waals surface area (Å²) in [6, 6.07) is 6.34. The van der Waals surface area contributed by atoms with Crippen LogP contribution in [0.1, 0.15) is 17.0 Å². The first kappa shape index (κ1) is 7.32. The first-order valence-corrected chi connectivity index (χ1v) is 4.59. The highest BCUT2D eigenvalue weighted by molar-refractivity contribution is 9.10. The molecule has 0 heterocycles. The normalized spacial score (nSPS) is 20.7. The Morgan fingerprint density at radius 1 is 1.55 bits per heavy atom. The van der Waals surface area contributed by atoms with Crippen LogP contribution in [-0.4, -0.2) is 6.54 Å². The highest BCUT2D eigenvalue weighted by atomic mass is 79.9. The number of hydrogen-bond acceptors (Lipinski definition) is 1. The molecule has 0 saturated heterocycles. The van der Waals surface area contributed by atoms with Crippen molar-refractivity contribution in [3.63, 3.8) is 0 Å². The van der Waals surface area contributed by atoms with Gasteiger partial charge in [-0.05, 0) is 30.2 Å². The summed E-state index contributed by atoms with van der Waals surface area (Å²) in [6.45, 7) is 0.773. The van der Waals surface area contributed by atoms with Crippen LogP contribution in [0.15, 0.2) is 22.7 Å². The van der Waals surface area contributed by atoms with E-state index in [0.717, 1.165) is 13.0 Å². The summed E-state index contributed by atoms with van der Waals surface area (Å²) >= 11 is 3.52. The van der Waals surface area contributed by atoms with Gasteiger partial charge in [0.2, 0.25) is 0 Å². The average Bonchev–Trinajstić information content (AvgIpc) is 1.93. The third kappa shape index (κ3) is 1.01. The van der Waals surface area contributed by atoms with Crippen LogP contribution in [0.25, 0.3) is 0 Å². The van der Waals surface area contributed by atoms with Crippen molar-refractivity contribution in [2.75, 3.05) is 6.54 Å². The highest BCUT2D eigenvalue weighted by Crippen LogP contribution is 2.39. The zero-order valence-electron chi connectivity index (χ0n) is 6.18. The van der Waals surface area contributed by atoms with Crippen LogP contribution in [-0.2, 0) is 6.42 Å². The second-order valence-corrected chi connectivity index (χ2v) is 3.80. The van der Waals surface area contributed by atoms with Crippen LogP contribution >= 0.6 is 15.9 Å². The van der Waals surface area contributed by atoms with Crippen molar-refractivity contribution in [3.8, 4) is 0 Å². The van der Waals surface area contributed by atoms with E-state index in [9.17, 15) is 0 Å². The molecule has 0 spiro atoms. The van der Waals surface area contributed by atoms with Crippen molar-refractivity contribution >= 4 is 15.9 Å². The fourth-order valence-electron chi connectivity index (χ4n) is 1.65. The molecule has 11 heavy (non-hydrogen) atoms. The van der Waals surface area contributed by atoms with E-state index in [1.807, 2.05) is 0 Å². The Morgan fingerprint density at radius 3 is 3.00 bits per heavy atom. The maximum atomic E-state index is 5.60.